The molecule has 5 N–H and O–H groups in total. The van der Waals surface area contributed by atoms with E-state index in [1.54, 1.807) is 19.1 Å². The highest BCUT2D eigenvalue weighted by molar-refractivity contribution is 6.07. The van der Waals surface area contributed by atoms with Crippen LogP contribution in [0.25, 0.3) is 10.8 Å². The van der Waals surface area contributed by atoms with Gasteiger partial charge in [0.15, 0.2) is 5.78 Å². The van der Waals surface area contributed by atoms with Crippen LogP contribution in [0.2, 0.25) is 0 Å². The summed E-state index contributed by atoms with van der Waals surface area (Å²) >= 11 is 0. The first kappa shape index (κ1) is 21.3. The maximum atomic E-state index is 12.0. The summed E-state index contributed by atoms with van der Waals surface area (Å²) in [4.78, 5) is 12.0. The Bertz CT molecular complexity index is 924. The molecule has 1 aliphatic heterocycles. The summed E-state index contributed by atoms with van der Waals surface area (Å²) in [6, 6.07) is 4.77. The number of Topliss-reactive ketones (excluding diaryl/α,β-unsaturated/α-hetero) is 1. The van der Waals surface area contributed by atoms with E-state index in [0.29, 0.717) is 16.7 Å². The predicted octanol–water partition coefficient (Wildman–Crippen LogP) is 0.244. The first-order chi connectivity index (χ1) is 13.7. The van der Waals surface area contributed by atoms with E-state index in [2.05, 4.69) is 0 Å². The van der Waals surface area contributed by atoms with E-state index in [1.807, 2.05) is 0 Å². The van der Waals surface area contributed by atoms with Crippen LogP contribution >= 0.6 is 0 Å². The third-order valence-electron chi connectivity index (χ3n) is 5.03. The van der Waals surface area contributed by atoms with Crippen molar-refractivity contribution in [2.75, 3.05) is 13.7 Å². The number of phenolic OH excluding ortho intramolecular Hbond substituents is 1. The first-order valence-electron chi connectivity index (χ1n) is 9.02. The number of fused-ring (bicyclic) bond motifs is 1. The van der Waals surface area contributed by atoms with Crippen molar-refractivity contribution in [3.63, 3.8) is 0 Å². The van der Waals surface area contributed by atoms with Crippen LogP contribution < -0.4 is 9.47 Å². The molecule has 0 unspecified atom stereocenters. The van der Waals surface area contributed by atoms with Crippen LogP contribution in [0.3, 0.4) is 0 Å². The summed E-state index contributed by atoms with van der Waals surface area (Å²) in [5.41, 5.74) is 0.691. The third-order valence-corrected chi connectivity index (χ3v) is 5.03. The van der Waals surface area contributed by atoms with E-state index in [9.17, 15) is 30.3 Å². The fraction of sp³-hybridized carbons (Fsp3) is 0.450. The van der Waals surface area contributed by atoms with E-state index >= 15 is 0 Å². The van der Waals surface area contributed by atoms with Gasteiger partial charge in [0.2, 0.25) is 6.29 Å². The average molecular weight is 408 g/mol. The van der Waals surface area contributed by atoms with E-state index in [4.69, 9.17) is 14.2 Å². The number of aliphatic hydroxyl groups excluding tert-OH is 4. The van der Waals surface area contributed by atoms with Crippen molar-refractivity contribution in [1.82, 2.24) is 0 Å². The van der Waals surface area contributed by atoms with Gasteiger partial charge >= 0.3 is 0 Å². The quantitative estimate of drug-likeness (QED) is 0.439. The number of aromatic hydroxyl groups is 1. The number of methoxy groups -OCH3 is 1. The zero-order chi connectivity index (χ0) is 21.5. The average Bonchev–Trinajstić information content (AvgIpc) is 2.67. The molecule has 0 spiro atoms. The molecule has 1 saturated heterocycles. The van der Waals surface area contributed by atoms with Crippen LogP contribution in [-0.2, 0) is 4.74 Å². The largest absolute Gasteiger partial charge is 0.506 e. The Balaban J connectivity index is 2.13. The lowest BCUT2D eigenvalue weighted by molar-refractivity contribution is -0.277. The van der Waals surface area contributed by atoms with Gasteiger partial charge in [0.1, 0.15) is 41.7 Å². The van der Waals surface area contributed by atoms with E-state index in [0.717, 1.165) is 0 Å². The second-order valence-electron chi connectivity index (χ2n) is 7.01. The van der Waals surface area contributed by atoms with Crippen LogP contribution in [0.15, 0.2) is 18.2 Å². The number of rotatable bonds is 5. The molecule has 9 nitrogen and oxygen atoms in total. The molecule has 0 radical (unpaired) electrons. The molecule has 9 heteroatoms. The van der Waals surface area contributed by atoms with Crippen LogP contribution in [0, 0.1) is 6.92 Å². The summed E-state index contributed by atoms with van der Waals surface area (Å²) in [5.74, 6) is -0.221. The zero-order valence-corrected chi connectivity index (χ0v) is 16.2. The molecule has 158 valence electrons. The minimum absolute atomic E-state index is 0.0312. The summed E-state index contributed by atoms with van der Waals surface area (Å²) in [7, 11) is 1.44. The van der Waals surface area contributed by atoms with Gasteiger partial charge in [-0.1, -0.05) is 6.07 Å². The number of carbonyl (C=O) groups is 1. The first-order valence-corrected chi connectivity index (χ1v) is 9.02. The highest BCUT2D eigenvalue weighted by Crippen LogP contribution is 2.41. The van der Waals surface area contributed by atoms with Crippen LogP contribution in [0.5, 0.6) is 17.2 Å². The summed E-state index contributed by atoms with van der Waals surface area (Å²) in [5, 5.41) is 51.0. The Morgan fingerprint density at radius 3 is 2.41 bits per heavy atom. The molecular formula is C20H24O9. The number of ketones is 1. The predicted molar refractivity (Wildman–Crippen MR) is 101 cm³/mol. The lowest BCUT2D eigenvalue weighted by atomic mass is 9.96. The minimum Gasteiger partial charge on any atom is -0.506 e. The highest BCUT2D eigenvalue weighted by atomic mass is 16.7. The van der Waals surface area contributed by atoms with Crippen LogP contribution in [-0.4, -0.2) is 75.7 Å². The monoisotopic (exact) mass is 408 g/mol. The molecule has 0 saturated carbocycles. The maximum Gasteiger partial charge on any atom is 0.229 e. The van der Waals surface area contributed by atoms with Crippen LogP contribution in [0.1, 0.15) is 22.8 Å². The number of aliphatic hydroxyl groups is 4. The number of phenols is 1. The molecule has 0 aromatic heterocycles. The van der Waals surface area contributed by atoms with Gasteiger partial charge in [-0.25, -0.2) is 0 Å². The Kier molecular flexibility index (Phi) is 5.97. The van der Waals surface area contributed by atoms with Gasteiger partial charge < -0.3 is 39.7 Å². The molecule has 0 aliphatic carbocycles. The smallest absolute Gasteiger partial charge is 0.229 e. The molecule has 1 aliphatic rings. The van der Waals surface area contributed by atoms with Gasteiger partial charge in [-0.3, -0.25) is 4.79 Å². The van der Waals surface area contributed by atoms with Gasteiger partial charge in [0.25, 0.3) is 0 Å². The van der Waals surface area contributed by atoms with E-state index in [-0.39, 0.29) is 28.2 Å². The second-order valence-corrected chi connectivity index (χ2v) is 7.01. The zero-order valence-electron chi connectivity index (χ0n) is 16.2. The van der Waals surface area contributed by atoms with E-state index in [1.165, 1.54) is 20.1 Å². The van der Waals surface area contributed by atoms with Gasteiger partial charge in [-0.05, 0) is 30.9 Å². The molecule has 29 heavy (non-hydrogen) atoms. The molecule has 1 heterocycles. The van der Waals surface area contributed by atoms with Crippen molar-refractivity contribution in [1.29, 1.82) is 0 Å². The lowest BCUT2D eigenvalue weighted by Gasteiger charge is -2.39. The molecule has 0 amide bonds. The van der Waals surface area contributed by atoms with Crippen molar-refractivity contribution >= 4 is 16.6 Å². The van der Waals surface area contributed by atoms with Crippen molar-refractivity contribution < 1.29 is 44.5 Å². The van der Waals surface area contributed by atoms with E-state index < -0.39 is 37.3 Å². The Morgan fingerprint density at radius 1 is 1.14 bits per heavy atom. The third kappa shape index (κ3) is 3.75. The van der Waals surface area contributed by atoms with Gasteiger partial charge in [-0.2, -0.15) is 0 Å². The Morgan fingerprint density at radius 2 is 1.83 bits per heavy atom. The van der Waals surface area contributed by atoms with Crippen molar-refractivity contribution in [2.45, 2.75) is 44.6 Å². The van der Waals surface area contributed by atoms with Gasteiger partial charge in [0, 0.05) is 6.07 Å². The number of hydrogen-bond donors (Lipinski definition) is 5. The molecule has 0 bridgehead atoms. The van der Waals surface area contributed by atoms with Crippen molar-refractivity contribution in [3.8, 4) is 17.2 Å². The lowest BCUT2D eigenvalue weighted by Crippen LogP contribution is -2.60. The van der Waals surface area contributed by atoms with Gasteiger partial charge in [0.05, 0.1) is 24.7 Å². The Labute approximate surface area is 166 Å². The molecule has 2 aromatic rings. The fourth-order valence-corrected chi connectivity index (χ4v) is 3.54. The second kappa shape index (κ2) is 8.13. The van der Waals surface area contributed by atoms with Crippen LogP contribution in [0.4, 0.5) is 0 Å². The molecule has 2 aromatic carbocycles. The normalized spacial score (nSPS) is 27.1. The fourth-order valence-electron chi connectivity index (χ4n) is 3.54. The number of benzene rings is 2. The number of ether oxygens (including phenoxy) is 3. The minimum atomic E-state index is -1.63. The molecule has 3 rings (SSSR count). The number of hydrogen-bond acceptors (Lipinski definition) is 9. The SMILES string of the molecule is COc1cc(O[C@@H]2O[C@H](CO)[C@@H](O)[C@H](O)[C@H]2O)c2c(O)c(C(C)=O)c(C)cc2c1. The number of carbonyl (C=O) groups excluding carboxylic acids is 1. The Hall–Kier alpha value is -2.43. The summed E-state index contributed by atoms with van der Waals surface area (Å²) in [6.45, 7) is 2.41. The van der Waals surface area contributed by atoms with Crippen molar-refractivity contribution in [3.05, 3.63) is 29.3 Å². The van der Waals surface area contributed by atoms with Gasteiger partial charge in [-0.15, -0.1) is 0 Å². The molecule has 5 atom stereocenters. The molecular weight excluding hydrogens is 384 g/mol. The maximum absolute atomic E-state index is 12.0. The highest BCUT2D eigenvalue weighted by Gasteiger charge is 2.45. The standard InChI is InChI=1S/C20H24O9/c1-8-4-10-5-11(27-3)6-12(15(10)17(24)14(8)9(2)22)28-20-19(26)18(25)16(23)13(7-21)29-20/h4-6,13,16,18-21,23-26H,7H2,1-3H3/t13-,16-,18+,19-,20-/m1/s1. The van der Waals surface area contributed by atoms with Crippen molar-refractivity contribution in [2.24, 2.45) is 0 Å². The summed E-state index contributed by atoms with van der Waals surface area (Å²) in [6.07, 6.45) is -7.39. The summed E-state index contributed by atoms with van der Waals surface area (Å²) < 4.78 is 16.4. The molecule has 1 fully saturated rings. The topological polar surface area (TPSA) is 146 Å². The number of aryl methyl sites for hydroxylation is 1.